The van der Waals surface area contributed by atoms with Crippen molar-refractivity contribution in [3.05, 3.63) is 36.5 Å². The number of aromatic nitrogens is 4. The molecule has 0 aromatic carbocycles. The Labute approximate surface area is 102 Å². The molecule has 0 aliphatic rings. The Morgan fingerprint density at radius 3 is 2.78 bits per heavy atom. The van der Waals surface area contributed by atoms with Crippen LogP contribution in [-0.2, 0) is 4.79 Å². The minimum Gasteiger partial charge on any atom is -0.368 e. The summed E-state index contributed by atoms with van der Waals surface area (Å²) in [5, 5.41) is 6.27. The highest BCUT2D eigenvalue weighted by Crippen LogP contribution is 2.03. The Morgan fingerprint density at radius 1 is 1.39 bits per heavy atom. The second-order valence-corrected chi connectivity index (χ2v) is 3.39. The highest BCUT2D eigenvalue weighted by Gasteiger charge is 2.07. The largest absolute Gasteiger partial charge is 0.368 e. The van der Waals surface area contributed by atoms with Crippen LogP contribution in [0.4, 0.5) is 0 Å². The van der Waals surface area contributed by atoms with E-state index in [2.05, 4.69) is 20.4 Å². The third-order valence-corrected chi connectivity index (χ3v) is 2.09. The van der Waals surface area contributed by atoms with Crippen molar-refractivity contribution in [3.63, 3.8) is 0 Å². The maximum Gasteiger partial charge on any atom is 0.253 e. The molecule has 0 fully saturated rings. The molecule has 0 saturated carbocycles. The first-order valence-corrected chi connectivity index (χ1v) is 5.04. The van der Waals surface area contributed by atoms with E-state index in [1.54, 1.807) is 12.1 Å². The van der Waals surface area contributed by atoms with Crippen LogP contribution in [0.1, 0.15) is 10.4 Å². The van der Waals surface area contributed by atoms with Crippen molar-refractivity contribution in [2.75, 3.05) is 6.54 Å². The topological polar surface area (TPSA) is 116 Å². The molecule has 2 aromatic rings. The van der Waals surface area contributed by atoms with Gasteiger partial charge in [-0.15, -0.1) is 0 Å². The van der Waals surface area contributed by atoms with E-state index in [0.29, 0.717) is 11.4 Å². The predicted molar refractivity (Wildman–Crippen MR) is 60.7 cm³/mol. The second kappa shape index (κ2) is 5.04. The number of primary amides is 1. The van der Waals surface area contributed by atoms with Crippen LogP contribution < -0.4 is 11.1 Å². The third-order valence-electron chi connectivity index (χ3n) is 2.09. The maximum atomic E-state index is 11.6. The summed E-state index contributed by atoms with van der Waals surface area (Å²) in [7, 11) is 0. The second-order valence-electron chi connectivity index (χ2n) is 3.39. The van der Waals surface area contributed by atoms with Crippen LogP contribution in [0.2, 0.25) is 0 Å². The van der Waals surface area contributed by atoms with E-state index >= 15 is 0 Å². The molecule has 0 unspecified atom stereocenters. The molecule has 0 radical (unpaired) electrons. The van der Waals surface area contributed by atoms with Gasteiger partial charge in [-0.05, 0) is 12.1 Å². The van der Waals surface area contributed by atoms with E-state index in [9.17, 15) is 9.59 Å². The molecule has 2 rings (SSSR count). The average molecular weight is 246 g/mol. The molecule has 3 N–H and O–H groups in total. The van der Waals surface area contributed by atoms with Crippen LogP contribution in [0.15, 0.2) is 31.0 Å². The van der Waals surface area contributed by atoms with E-state index in [1.165, 1.54) is 23.5 Å². The van der Waals surface area contributed by atoms with Gasteiger partial charge in [0.05, 0.1) is 12.1 Å². The van der Waals surface area contributed by atoms with E-state index in [4.69, 9.17) is 5.73 Å². The lowest BCUT2D eigenvalue weighted by Crippen LogP contribution is -2.33. The number of nitrogens with one attached hydrogen (secondary N) is 1. The minimum absolute atomic E-state index is 0.205. The van der Waals surface area contributed by atoms with Crippen LogP contribution in [0.25, 0.3) is 5.82 Å². The number of hydrogen-bond acceptors (Lipinski definition) is 5. The molecule has 92 valence electrons. The van der Waals surface area contributed by atoms with Crippen molar-refractivity contribution in [2.24, 2.45) is 5.73 Å². The molecule has 8 heteroatoms. The highest BCUT2D eigenvalue weighted by atomic mass is 16.2. The molecule has 0 aliphatic heterocycles. The Kier molecular flexibility index (Phi) is 3.28. The summed E-state index contributed by atoms with van der Waals surface area (Å²) >= 11 is 0. The average Bonchev–Trinajstić information content (AvgIpc) is 2.90. The van der Waals surface area contributed by atoms with Gasteiger partial charge >= 0.3 is 0 Å². The summed E-state index contributed by atoms with van der Waals surface area (Å²) in [5.41, 5.74) is 5.25. The first-order chi connectivity index (χ1) is 8.66. The Balaban J connectivity index is 2.08. The SMILES string of the molecule is NC(=O)CNC(=O)c1ccc(-n2cncn2)nc1. The number of hydrogen-bond donors (Lipinski definition) is 2. The van der Waals surface area contributed by atoms with Gasteiger partial charge in [0, 0.05) is 6.20 Å². The van der Waals surface area contributed by atoms with Crippen molar-refractivity contribution in [2.45, 2.75) is 0 Å². The summed E-state index contributed by atoms with van der Waals surface area (Å²) in [5.74, 6) is -0.471. The summed E-state index contributed by atoms with van der Waals surface area (Å²) < 4.78 is 1.46. The van der Waals surface area contributed by atoms with Crippen LogP contribution >= 0.6 is 0 Å². The molecular formula is C10H10N6O2. The van der Waals surface area contributed by atoms with Crippen molar-refractivity contribution in [3.8, 4) is 5.82 Å². The summed E-state index contributed by atoms with van der Waals surface area (Å²) in [6, 6.07) is 3.19. The minimum atomic E-state index is -0.601. The van der Waals surface area contributed by atoms with Gasteiger partial charge in [-0.1, -0.05) is 0 Å². The zero-order valence-corrected chi connectivity index (χ0v) is 9.28. The number of carbonyl (C=O) groups excluding carboxylic acids is 2. The van der Waals surface area contributed by atoms with E-state index < -0.39 is 11.8 Å². The van der Waals surface area contributed by atoms with Gasteiger partial charge in [-0.25, -0.2) is 14.6 Å². The number of nitrogens with two attached hydrogens (primary N) is 1. The number of amides is 2. The molecule has 2 amide bonds. The molecule has 18 heavy (non-hydrogen) atoms. The van der Waals surface area contributed by atoms with Crippen molar-refractivity contribution >= 4 is 11.8 Å². The number of pyridine rings is 1. The van der Waals surface area contributed by atoms with Gasteiger partial charge in [0.2, 0.25) is 5.91 Å². The fourth-order valence-electron chi connectivity index (χ4n) is 1.25. The molecule has 2 heterocycles. The lowest BCUT2D eigenvalue weighted by Gasteiger charge is -2.03. The van der Waals surface area contributed by atoms with Gasteiger partial charge in [0.1, 0.15) is 12.7 Å². The normalized spacial score (nSPS) is 10.0. The fraction of sp³-hybridized carbons (Fsp3) is 0.100. The van der Waals surface area contributed by atoms with E-state index in [1.807, 2.05) is 0 Å². The quantitative estimate of drug-likeness (QED) is 0.708. The predicted octanol–water partition coefficient (Wildman–Crippen LogP) is -1.12. The lowest BCUT2D eigenvalue weighted by molar-refractivity contribution is -0.117. The molecule has 0 spiro atoms. The summed E-state index contributed by atoms with van der Waals surface area (Å²) in [6.45, 7) is -0.205. The highest BCUT2D eigenvalue weighted by molar-refractivity contribution is 5.96. The summed E-state index contributed by atoms with van der Waals surface area (Å²) in [4.78, 5) is 29.9. The van der Waals surface area contributed by atoms with Crippen molar-refractivity contribution in [1.82, 2.24) is 25.1 Å². The Bertz CT molecular complexity index is 548. The van der Waals surface area contributed by atoms with Gasteiger partial charge in [-0.3, -0.25) is 9.59 Å². The molecular weight excluding hydrogens is 236 g/mol. The first-order valence-electron chi connectivity index (χ1n) is 5.04. The molecule has 0 bridgehead atoms. The maximum absolute atomic E-state index is 11.6. The Hall–Kier alpha value is -2.77. The smallest absolute Gasteiger partial charge is 0.253 e. The standard InChI is InChI=1S/C10H10N6O2/c11-8(17)4-14-10(18)7-1-2-9(13-3-7)16-6-12-5-15-16/h1-3,5-6H,4H2,(H2,11,17)(H,14,18). The van der Waals surface area contributed by atoms with Crippen LogP contribution in [-0.4, -0.2) is 38.1 Å². The van der Waals surface area contributed by atoms with Crippen molar-refractivity contribution < 1.29 is 9.59 Å². The van der Waals surface area contributed by atoms with Gasteiger partial charge in [-0.2, -0.15) is 5.10 Å². The van der Waals surface area contributed by atoms with Gasteiger partial charge in [0.15, 0.2) is 5.82 Å². The molecule has 0 aliphatic carbocycles. The fourth-order valence-corrected chi connectivity index (χ4v) is 1.25. The number of carbonyl (C=O) groups is 2. The van der Waals surface area contributed by atoms with Crippen LogP contribution in [0, 0.1) is 0 Å². The van der Waals surface area contributed by atoms with Crippen LogP contribution in [0.3, 0.4) is 0 Å². The Morgan fingerprint density at radius 2 is 2.22 bits per heavy atom. The third kappa shape index (κ3) is 2.67. The van der Waals surface area contributed by atoms with E-state index in [-0.39, 0.29) is 6.54 Å². The molecule has 8 nitrogen and oxygen atoms in total. The first kappa shape index (κ1) is 11.7. The zero-order chi connectivity index (χ0) is 13.0. The van der Waals surface area contributed by atoms with Gasteiger partial charge in [0.25, 0.3) is 5.91 Å². The lowest BCUT2D eigenvalue weighted by atomic mass is 10.2. The molecule has 2 aromatic heterocycles. The molecule has 0 atom stereocenters. The zero-order valence-electron chi connectivity index (χ0n) is 9.28. The van der Waals surface area contributed by atoms with E-state index in [0.717, 1.165) is 0 Å². The number of nitrogens with zero attached hydrogens (tertiary/aromatic N) is 4. The van der Waals surface area contributed by atoms with Gasteiger partial charge < -0.3 is 11.1 Å². The van der Waals surface area contributed by atoms with Crippen LogP contribution in [0.5, 0.6) is 0 Å². The monoisotopic (exact) mass is 246 g/mol. The molecule has 0 saturated heterocycles. The summed E-state index contributed by atoms with van der Waals surface area (Å²) in [6.07, 6.45) is 4.26. The van der Waals surface area contributed by atoms with Crippen molar-refractivity contribution in [1.29, 1.82) is 0 Å². The number of rotatable bonds is 4.